The van der Waals surface area contributed by atoms with Crippen molar-refractivity contribution in [1.29, 1.82) is 0 Å². The minimum Gasteiger partial charge on any atom is -0.480 e. The molecule has 0 saturated carbocycles. The molecule has 0 radical (unpaired) electrons. The van der Waals surface area contributed by atoms with Crippen LogP contribution in [0.3, 0.4) is 0 Å². The zero-order valence-corrected chi connectivity index (χ0v) is 8.86. The van der Waals surface area contributed by atoms with Crippen LogP contribution >= 0.6 is 0 Å². The molecule has 0 rings (SSSR count). The fourth-order valence-corrected chi connectivity index (χ4v) is 1.30. The third-order valence-corrected chi connectivity index (χ3v) is 2.38. The molecule has 0 heterocycles. The molecule has 0 aromatic carbocycles. The Bertz CT molecular complexity index is 238. The quantitative estimate of drug-likeness (QED) is 0.675. The number of rotatable bonds is 5. The fourth-order valence-electron chi connectivity index (χ4n) is 1.30. The van der Waals surface area contributed by atoms with Gasteiger partial charge in [0.25, 0.3) is 0 Å². The van der Waals surface area contributed by atoms with Crippen LogP contribution in [0.2, 0.25) is 0 Å². The standard InChI is InChI=1S/C10H17NO3/c1-5-7(3)9(10(13)14)11(4)8(12)6-2/h6-7,9H,2,5H2,1,3-4H3,(H,13,14)/t7-,9-/m0/s1. The first-order chi connectivity index (χ1) is 6.45. The molecule has 0 aromatic rings. The molecule has 0 aliphatic rings. The van der Waals surface area contributed by atoms with E-state index in [1.54, 1.807) is 0 Å². The molecule has 1 amide bonds. The van der Waals surface area contributed by atoms with Gasteiger partial charge in [-0.15, -0.1) is 0 Å². The topological polar surface area (TPSA) is 57.6 Å². The zero-order valence-electron chi connectivity index (χ0n) is 8.86. The van der Waals surface area contributed by atoms with Gasteiger partial charge in [-0.25, -0.2) is 4.79 Å². The van der Waals surface area contributed by atoms with Gasteiger partial charge < -0.3 is 10.0 Å². The monoisotopic (exact) mass is 199 g/mol. The summed E-state index contributed by atoms with van der Waals surface area (Å²) in [6.45, 7) is 7.03. The first-order valence-corrected chi connectivity index (χ1v) is 4.57. The van der Waals surface area contributed by atoms with Gasteiger partial charge in [0.2, 0.25) is 5.91 Å². The third-order valence-electron chi connectivity index (χ3n) is 2.38. The summed E-state index contributed by atoms with van der Waals surface area (Å²) in [6, 6.07) is -0.773. The van der Waals surface area contributed by atoms with Crippen LogP contribution in [-0.4, -0.2) is 35.0 Å². The number of carbonyl (C=O) groups excluding carboxylic acids is 1. The fraction of sp³-hybridized carbons (Fsp3) is 0.600. The van der Waals surface area contributed by atoms with Crippen LogP contribution in [0.25, 0.3) is 0 Å². The summed E-state index contributed by atoms with van der Waals surface area (Å²) in [5.74, 6) is -1.41. The van der Waals surface area contributed by atoms with Crippen LogP contribution < -0.4 is 0 Å². The first kappa shape index (κ1) is 12.7. The Kier molecular flexibility index (Phi) is 4.91. The number of amides is 1. The second-order valence-corrected chi connectivity index (χ2v) is 3.32. The van der Waals surface area contributed by atoms with Gasteiger partial charge in [0.05, 0.1) is 0 Å². The molecular weight excluding hydrogens is 182 g/mol. The van der Waals surface area contributed by atoms with Crippen molar-refractivity contribution in [2.45, 2.75) is 26.3 Å². The van der Waals surface area contributed by atoms with E-state index in [4.69, 9.17) is 5.11 Å². The molecule has 0 unspecified atom stereocenters. The lowest BCUT2D eigenvalue weighted by atomic mass is 9.98. The molecule has 4 nitrogen and oxygen atoms in total. The highest BCUT2D eigenvalue weighted by molar-refractivity contribution is 5.90. The van der Waals surface area contributed by atoms with Gasteiger partial charge in [0.1, 0.15) is 6.04 Å². The van der Waals surface area contributed by atoms with Crippen molar-refractivity contribution in [3.63, 3.8) is 0 Å². The Balaban J connectivity index is 4.73. The van der Waals surface area contributed by atoms with Crippen LogP contribution in [0, 0.1) is 5.92 Å². The lowest BCUT2D eigenvalue weighted by Crippen LogP contribution is -2.45. The highest BCUT2D eigenvalue weighted by atomic mass is 16.4. The maximum atomic E-state index is 11.2. The molecule has 0 aromatic heterocycles. The molecule has 14 heavy (non-hydrogen) atoms. The van der Waals surface area contributed by atoms with E-state index < -0.39 is 12.0 Å². The predicted molar refractivity (Wildman–Crippen MR) is 53.8 cm³/mol. The number of likely N-dealkylation sites (N-methyl/N-ethyl adjacent to an activating group) is 1. The van der Waals surface area contributed by atoms with Crippen molar-refractivity contribution in [2.75, 3.05) is 7.05 Å². The first-order valence-electron chi connectivity index (χ1n) is 4.57. The van der Waals surface area contributed by atoms with Gasteiger partial charge in [-0.1, -0.05) is 26.8 Å². The molecule has 4 heteroatoms. The van der Waals surface area contributed by atoms with Crippen molar-refractivity contribution in [1.82, 2.24) is 4.90 Å². The molecule has 1 N–H and O–H groups in total. The van der Waals surface area contributed by atoms with E-state index in [0.29, 0.717) is 6.42 Å². The molecule has 0 spiro atoms. The highest BCUT2D eigenvalue weighted by Crippen LogP contribution is 2.14. The van der Waals surface area contributed by atoms with Crippen molar-refractivity contribution >= 4 is 11.9 Å². The lowest BCUT2D eigenvalue weighted by molar-refractivity contribution is -0.149. The Hall–Kier alpha value is -1.32. The van der Waals surface area contributed by atoms with E-state index in [9.17, 15) is 9.59 Å². The largest absolute Gasteiger partial charge is 0.480 e. The van der Waals surface area contributed by atoms with E-state index >= 15 is 0 Å². The second-order valence-electron chi connectivity index (χ2n) is 3.32. The summed E-state index contributed by atoms with van der Waals surface area (Å²) in [7, 11) is 1.48. The van der Waals surface area contributed by atoms with Gasteiger partial charge in [-0.05, 0) is 12.0 Å². The van der Waals surface area contributed by atoms with Crippen LogP contribution in [0.5, 0.6) is 0 Å². The smallest absolute Gasteiger partial charge is 0.326 e. The average molecular weight is 199 g/mol. The summed E-state index contributed by atoms with van der Waals surface area (Å²) in [4.78, 5) is 23.4. The molecule has 0 aliphatic heterocycles. The summed E-state index contributed by atoms with van der Waals surface area (Å²) in [6.07, 6.45) is 1.84. The zero-order chi connectivity index (χ0) is 11.3. The molecule has 2 atom stereocenters. The Morgan fingerprint density at radius 2 is 2.07 bits per heavy atom. The molecule has 0 bridgehead atoms. The SMILES string of the molecule is C=CC(=O)N(C)[C@H](C(=O)O)[C@@H](C)CC. The number of nitrogens with zero attached hydrogens (tertiary/aromatic N) is 1. The van der Waals surface area contributed by atoms with Crippen molar-refractivity contribution in [3.8, 4) is 0 Å². The molecule has 0 saturated heterocycles. The number of carboxylic acids is 1. The van der Waals surface area contributed by atoms with Crippen molar-refractivity contribution < 1.29 is 14.7 Å². The van der Waals surface area contributed by atoms with Gasteiger partial charge in [0, 0.05) is 7.05 Å². The summed E-state index contributed by atoms with van der Waals surface area (Å²) in [5.41, 5.74) is 0. The van der Waals surface area contributed by atoms with Crippen LogP contribution in [0.1, 0.15) is 20.3 Å². The normalized spacial score (nSPS) is 14.2. The minimum atomic E-state index is -0.975. The number of carboxylic acid groups (broad SMARTS) is 1. The highest BCUT2D eigenvalue weighted by Gasteiger charge is 2.29. The Labute approximate surface area is 84.2 Å². The van der Waals surface area contributed by atoms with Crippen LogP contribution in [0.4, 0.5) is 0 Å². The maximum Gasteiger partial charge on any atom is 0.326 e. The summed E-state index contributed by atoms with van der Waals surface area (Å²) >= 11 is 0. The molecule has 0 fully saturated rings. The number of carbonyl (C=O) groups is 2. The van der Waals surface area contributed by atoms with E-state index in [-0.39, 0.29) is 11.8 Å². The van der Waals surface area contributed by atoms with Crippen molar-refractivity contribution in [2.24, 2.45) is 5.92 Å². The Morgan fingerprint density at radius 1 is 1.57 bits per heavy atom. The van der Waals surface area contributed by atoms with E-state index in [2.05, 4.69) is 6.58 Å². The van der Waals surface area contributed by atoms with E-state index in [0.717, 1.165) is 6.08 Å². The number of hydrogen-bond acceptors (Lipinski definition) is 2. The summed E-state index contributed by atoms with van der Waals surface area (Å²) in [5, 5.41) is 8.96. The van der Waals surface area contributed by atoms with Crippen molar-refractivity contribution in [3.05, 3.63) is 12.7 Å². The lowest BCUT2D eigenvalue weighted by Gasteiger charge is -2.28. The number of aliphatic carboxylic acids is 1. The van der Waals surface area contributed by atoms with Gasteiger partial charge >= 0.3 is 5.97 Å². The van der Waals surface area contributed by atoms with Gasteiger partial charge in [-0.2, -0.15) is 0 Å². The van der Waals surface area contributed by atoms with Crippen LogP contribution in [0.15, 0.2) is 12.7 Å². The number of hydrogen-bond donors (Lipinski definition) is 1. The average Bonchev–Trinajstić information content (AvgIpc) is 2.15. The van der Waals surface area contributed by atoms with E-state index in [1.807, 2.05) is 13.8 Å². The maximum absolute atomic E-state index is 11.2. The Morgan fingerprint density at radius 3 is 2.36 bits per heavy atom. The van der Waals surface area contributed by atoms with Crippen LogP contribution in [-0.2, 0) is 9.59 Å². The predicted octanol–water partition coefficient (Wildman–Crippen LogP) is 1.13. The van der Waals surface area contributed by atoms with Gasteiger partial charge in [0.15, 0.2) is 0 Å². The second kappa shape index (κ2) is 5.42. The third kappa shape index (κ3) is 2.87. The minimum absolute atomic E-state index is 0.0681. The molecule has 0 aliphatic carbocycles. The molecule has 80 valence electrons. The van der Waals surface area contributed by atoms with Gasteiger partial charge in [-0.3, -0.25) is 4.79 Å². The summed E-state index contributed by atoms with van der Waals surface area (Å²) < 4.78 is 0. The molecular formula is C10H17NO3. The van der Waals surface area contributed by atoms with E-state index in [1.165, 1.54) is 11.9 Å².